The van der Waals surface area contributed by atoms with Gasteiger partial charge in [-0.2, -0.15) is 0 Å². The quantitative estimate of drug-likeness (QED) is 0.106. The first kappa shape index (κ1) is 29.8. The first-order valence-electron chi connectivity index (χ1n) is 13.3. The molecule has 0 spiro atoms. The Labute approximate surface area is 248 Å². The molecule has 0 saturated heterocycles. The summed E-state index contributed by atoms with van der Waals surface area (Å²) in [5.41, 5.74) is 4.67. The van der Waals surface area contributed by atoms with Gasteiger partial charge in [0.05, 0.1) is 11.9 Å². The maximum Gasteiger partial charge on any atom is 0.341 e. The molecule has 0 radical (unpaired) electrons. The van der Waals surface area contributed by atoms with E-state index in [1.807, 2.05) is 98.1 Å². The van der Waals surface area contributed by atoms with Crippen molar-refractivity contribution in [2.75, 3.05) is 17.2 Å². The number of carbonyl (C=O) groups excluding carboxylic acids is 3. The first-order valence-corrected chi connectivity index (χ1v) is 15.1. The van der Waals surface area contributed by atoms with Crippen LogP contribution in [0.4, 0.5) is 10.7 Å². The molecule has 3 aromatic carbocycles. The molecule has 6 nitrogen and oxygen atoms in total. The van der Waals surface area contributed by atoms with E-state index in [1.54, 1.807) is 13.0 Å². The number of thioether (sulfide) groups is 1. The lowest BCUT2D eigenvalue weighted by Crippen LogP contribution is -2.25. The van der Waals surface area contributed by atoms with Crippen LogP contribution in [0.2, 0.25) is 0 Å². The molecule has 1 atom stereocenters. The number of nitrogens with one attached hydrogen (secondary N) is 2. The van der Waals surface area contributed by atoms with Crippen LogP contribution < -0.4 is 10.6 Å². The topological polar surface area (TPSA) is 84.5 Å². The fraction of sp³-hybridized carbons (Fsp3) is 0.182. The second-order valence-corrected chi connectivity index (χ2v) is 11.4. The maximum absolute atomic E-state index is 13.4. The third-order valence-electron chi connectivity index (χ3n) is 6.14. The Balaban J connectivity index is 1.46. The van der Waals surface area contributed by atoms with Gasteiger partial charge in [0.2, 0.25) is 11.8 Å². The van der Waals surface area contributed by atoms with E-state index in [1.165, 1.54) is 29.2 Å². The molecule has 2 amide bonds. The molecule has 2 N–H and O–H groups in total. The number of thiophene rings is 1. The Morgan fingerprint density at radius 1 is 0.951 bits per heavy atom. The van der Waals surface area contributed by atoms with Crippen LogP contribution in [0.25, 0.3) is 17.2 Å². The summed E-state index contributed by atoms with van der Waals surface area (Å²) in [6.45, 7) is 5.94. The SMILES string of the molecule is CCOC(=O)c1c(-c2ccc(C)cc2)csc1NC(=O)C(CC)Sc1cccc(NC(=O)/C=C/c2ccccc2)c1. The fourth-order valence-electron chi connectivity index (χ4n) is 4.05. The normalized spacial score (nSPS) is 11.7. The number of ether oxygens (including phenoxy) is 1. The number of benzene rings is 3. The minimum absolute atomic E-state index is 0.208. The molecular weight excluding hydrogens is 553 g/mol. The smallest absolute Gasteiger partial charge is 0.341 e. The lowest BCUT2D eigenvalue weighted by molar-refractivity contribution is -0.115. The zero-order valence-corrected chi connectivity index (χ0v) is 24.8. The van der Waals surface area contributed by atoms with Gasteiger partial charge in [0, 0.05) is 27.6 Å². The molecule has 1 aromatic heterocycles. The number of carbonyl (C=O) groups is 3. The monoisotopic (exact) mass is 584 g/mol. The van der Waals surface area contributed by atoms with Crippen LogP contribution in [-0.4, -0.2) is 29.6 Å². The third kappa shape index (κ3) is 8.19. The molecule has 0 saturated carbocycles. The molecule has 0 aliphatic carbocycles. The van der Waals surface area contributed by atoms with Crippen LogP contribution in [0, 0.1) is 6.92 Å². The largest absolute Gasteiger partial charge is 0.462 e. The van der Waals surface area contributed by atoms with E-state index >= 15 is 0 Å². The predicted octanol–water partition coefficient (Wildman–Crippen LogP) is 8.06. The van der Waals surface area contributed by atoms with Crippen molar-refractivity contribution in [3.05, 3.63) is 107 Å². The van der Waals surface area contributed by atoms with Gasteiger partial charge < -0.3 is 15.4 Å². The Morgan fingerprint density at radius 2 is 1.71 bits per heavy atom. The average Bonchev–Trinajstić information content (AvgIpc) is 3.39. The van der Waals surface area contributed by atoms with Crippen molar-refractivity contribution in [1.29, 1.82) is 0 Å². The highest BCUT2D eigenvalue weighted by molar-refractivity contribution is 8.00. The molecule has 1 unspecified atom stereocenters. The summed E-state index contributed by atoms with van der Waals surface area (Å²) in [7, 11) is 0. The van der Waals surface area contributed by atoms with Gasteiger partial charge in [-0.3, -0.25) is 9.59 Å². The Hall–Kier alpha value is -4.14. The van der Waals surface area contributed by atoms with Crippen LogP contribution in [0.3, 0.4) is 0 Å². The minimum atomic E-state index is -0.468. The van der Waals surface area contributed by atoms with E-state index in [2.05, 4.69) is 10.6 Å². The molecule has 0 bridgehead atoms. The van der Waals surface area contributed by atoms with Gasteiger partial charge in [-0.05, 0) is 55.7 Å². The zero-order valence-electron chi connectivity index (χ0n) is 23.2. The minimum Gasteiger partial charge on any atom is -0.462 e. The van der Waals surface area contributed by atoms with Crippen molar-refractivity contribution in [2.45, 2.75) is 37.3 Å². The summed E-state index contributed by atoms with van der Waals surface area (Å²) >= 11 is 2.71. The molecule has 210 valence electrons. The number of hydrogen-bond donors (Lipinski definition) is 2. The third-order valence-corrected chi connectivity index (χ3v) is 8.39. The van der Waals surface area contributed by atoms with E-state index in [0.29, 0.717) is 22.7 Å². The lowest BCUT2D eigenvalue weighted by Gasteiger charge is -2.16. The van der Waals surface area contributed by atoms with Gasteiger partial charge in [-0.25, -0.2) is 4.79 Å². The van der Waals surface area contributed by atoms with E-state index in [0.717, 1.165) is 27.1 Å². The highest BCUT2D eigenvalue weighted by Crippen LogP contribution is 2.37. The molecule has 0 aliphatic rings. The number of amides is 2. The molecule has 4 rings (SSSR count). The van der Waals surface area contributed by atoms with E-state index in [9.17, 15) is 14.4 Å². The van der Waals surface area contributed by atoms with Gasteiger partial charge in [-0.1, -0.05) is 73.2 Å². The summed E-state index contributed by atoms with van der Waals surface area (Å²) in [4.78, 5) is 39.6. The molecule has 0 aliphatic heterocycles. The van der Waals surface area contributed by atoms with E-state index in [-0.39, 0.29) is 18.4 Å². The molecule has 41 heavy (non-hydrogen) atoms. The summed E-state index contributed by atoms with van der Waals surface area (Å²) in [6.07, 6.45) is 3.81. The Bertz CT molecular complexity index is 1530. The summed E-state index contributed by atoms with van der Waals surface area (Å²) in [6, 6.07) is 24.9. The number of rotatable bonds is 11. The molecule has 1 heterocycles. The van der Waals surface area contributed by atoms with Gasteiger partial charge in [0.15, 0.2) is 0 Å². The van der Waals surface area contributed by atoms with E-state index < -0.39 is 11.2 Å². The Kier molecular flexibility index (Phi) is 10.5. The van der Waals surface area contributed by atoms with Crippen molar-refractivity contribution in [2.24, 2.45) is 0 Å². The summed E-state index contributed by atoms with van der Waals surface area (Å²) in [5, 5.41) is 7.78. The van der Waals surface area contributed by atoms with Crippen LogP contribution in [-0.2, 0) is 14.3 Å². The van der Waals surface area contributed by atoms with Crippen LogP contribution in [0.15, 0.2) is 95.2 Å². The van der Waals surface area contributed by atoms with Crippen molar-refractivity contribution in [3.63, 3.8) is 0 Å². The van der Waals surface area contributed by atoms with Crippen LogP contribution in [0.5, 0.6) is 0 Å². The van der Waals surface area contributed by atoms with Crippen molar-refractivity contribution in [1.82, 2.24) is 0 Å². The average molecular weight is 585 g/mol. The molecule has 0 fully saturated rings. The van der Waals surface area contributed by atoms with Crippen LogP contribution in [0.1, 0.15) is 41.8 Å². The number of anilines is 2. The van der Waals surface area contributed by atoms with Crippen molar-refractivity contribution in [3.8, 4) is 11.1 Å². The molecule has 8 heteroatoms. The summed E-state index contributed by atoms with van der Waals surface area (Å²) < 4.78 is 5.34. The number of hydrogen-bond acceptors (Lipinski definition) is 6. The van der Waals surface area contributed by atoms with Gasteiger partial charge in [0.1, 0.15) is 10.6 Å². The summed E-state index contributed by atoms with van der Waals surface area (Å²) in [5.74, 6) is -0.917. The zero-order chi connectivity index (χ0) is 29.2. The standard InChI is InChI=1S/C33H32N2O4S2/c1-4-28(41-26-13-9-12-25(20-26)34-29(36)19-16-23-10-7-6-8-11-23)31(37)35-32-30(33(38)39-5-2)27(21-40-32)24-17-14-22(3)15-18-24/h6-21,28H,4-5H2,1-3H3,(H,34,36)(H,35,37)/b19-16+. The van der Waals surface area contributed by atoms with Crippen molar-refractivity contribution >= 4 is 57.6 Å². The Morgan fingerprint density at radius 3 is 2.41 bits per heavy atom. The van der Waals surface area contributed by atoms with Gasteiger partial charge >= 0.3 is 5.97 Å². The lowest BCUT2D eigenvalue weighted by atomic mass is 10.0. The van der Waals surface area contributed by atoms with Gasteiger partial charge in [-0.15, -0.1) is 23.1 Å². The predicted molar refractivity (Wildman–Crippen MR) is 170 cm³/mol. The molecule has 4 aromatic rings. The molecular formula is C33H32N2O4S2. The highest BCUT2D eigenvalue weighted by Gasteiger charge is 2.25. The number of aryl methyl sites for hydroxylation is 1. The van der Waals surface area contributed by atoms with Gasteiger partial charge in [0.25, 0.3) is 0 Å². The highest BCUT2D eigenvalue weighted by atomic mass is 32.2. The second kappa shape index (κ2) is 14.5. The fourth-order valence-corrected chi connectivity index (χ4v) is 6.02. The maximum atomic E-state index is 13.4. The number of esters is 1. The van der Waals surface area contributed by atoms with E-state index in [4.69, 9.17) is 4.74 Å². The second-order valence-electron chi connectivity index (χ2n) is 9.21. The van der Waals surface area contributed by atoms with Crippen LogP contribution >= 0.6 is 23.1 Å². The first-order chi connectivity index (χ1) is 19.9. The van der Waals surface area contributed by atoms with Crippen molar-refractivity contribution < 1.29 is 19.1 Å².